The highest BCUT2D eigenvalue weighted by Crippen LogP contribution is 2.18. The van der Waals surface area contributed by atoms with Gasteiger partial charge in [0, 0.05) is 53.2 Å². The summed E-state index contributed by atoms with van der Waals surface area (Å²) in [6.07, 6.45) is -4.88. The van der Waals surface area contributed by atoms with Crippen LogP contribution < -0.4 is 0 Å². The van der Waals surface area contributed by atoms with Gasteiger partial charge >= 0.3 is 14.8 Å². The Morgan fingerprint density at radius 2 is 1.89 bits per heavy atom. The standard InChI is InChI=1S/C13H26O5Si/c1-6-16-19(17-7-2,18-8-3)11-9-10-15-13(14)12(4)5/h4,6-11H2,1-3,5H3/i1D3,2D3,3D3,4D2,5D3,6D2,7D2,8D2,9D2,10D2,11D2. The minimum absolute atomic E-state index is 1.82. The molecule has 0 radical (unpaired) electrons. The number of carbonyl (C=O) groups excluding carboxylic acids is 1. The zero-order valence-corrected chi connectivity index (χ0v) is 10.0. The maximum Gasteiger partial charge on any atom is 0.501 e. The molecular weight excluding hydrogens is 264 g/mol. The summed E-state index contributed by atoms with van der Waals surface area (Å²) < 4.78 is 215. The van der Waals surface area contributed by atoms with Crippen molar-refractivity contribution in [2.24, 2.45) is 0 Å². The molecule has 112 valence electrons. The summed E-state index contributed by atoms with van der Waals surface area (Å²) >= 11 is 0. The molecule has 0 aromatic rings. The maximum absolute atomic E-state index is 12.5. The van der Waals surface area contributed by atoms with Crippen LogP contribution >= 0.6 is 0 Å². The fraction of sp³-hybridized carbons (Fsp3) is 0.769. The summed E-state index contributed by atoms with van der Waals surface area (Å²) in [5.41, 5.74) is -1.90. The number of ether oxygens (including phenoxy) is 1. The van der Waals surface area contributed by atoms with Crippen LogP contribution in [0.2, 0.25) is 6.00 Å². The normalized spacial score (nSPS) is 38.5. The van der Waals surface area contributed by atoms with Crippen molar-refractivity contribution < 1.29 is 58.4 Å². The van der Waals surface area contributed by atoms with Gasteiger partial charge in [-0.1, -0.05) is 6.53 Å². The van der Waals surface area contributed by atoms with Gasteiger partial charge in [-0.15, -0.1) is 0 Å². The first kappa shape index (κ1) is 2.92. The van der Waals surface area contributed by atoms with E-state index in [2.05, 4.69) is 18.0 Å². The Hall–Kier alpha value is -0.693. The van der Waals surface area contributed by atoms with Crippen LogP contribution in [0, 0.1) is 0 Å². The zero-order chi connectivity index (χ0) is 37.1. The quantitative estimate of drug-likeness (QED) is 0.333. The number of hydrogen-bond acceptors (Lipinski definition) is 5. The summed E-state index contributed by atoms with van der Waals surface area (Å²) in [5.74, 6) is -7.50. The average Bonchev–Trinajstić information content (AvgIpc) is 2.67. The highest BCUT2D eigenvalue weighted by Gasteiger charge is 2.39. The molecular formula is C13H26O5Si. The third kappa shape index (κ3) is 7.46. The van der Waals surface area contributed by atoms with Crippen molar-refractivity contribution >= 4 is 14.8 Å². The van der Waals surface area contributed by atoms with Crippen molar-refractivity contribution in [1.29, 1.82) is 0 Å². The van der Waals surface area contributed by atoms with Crippen molar-refractivity contribution in [3.8, 4) is 0 Å². The summed E-state index contributed by atoms with van der Waals surface area (Å²) in [6, 6.07) is 0. The number of hydrogen-bond donors (Lipinski definition) is 0. The van der Waals surface area contributed by atoms with Crippen molar-refractivity contribution in [2.45, 2.75) is 39.8 Å². The molecule has 19 heavy (non-hydrogen) atoms. The van der Waals surface area contributed by atoms with Crippen molar-refractivity contribution in [3.63, 3.8) is 0 Å². The van der Waals surface area contributed by atoms with Crippen LogP contribution in [0.4, 0.5) is 0 Å². The smallest absolute Gasteiger partial charge is 0.462 e. The summed E-state index contributed by atoms with van der Waals surface area (Å²) in [4.78, 5) is 12.5. The van der Waals surface area contributed by atoms with Crippen molar-refractivity contribution in [3.05, 3.63) is 12.1 Å². The molecule has 0 N–H and O–H groups in total. The first-order chi connectivity index (χ1) is 19.1. The number of carbonyl (C=O) groups is 1. The third-order valence-corrected chi connectivity index (χ3v) is 2.71. The van der Waals surface area contributed by atoms with Crippen LogP contribution in [0.3, 0.4) is 0 Å². The van der Waals surface area contributed by atoms with Gasteiger partial charge in [-0.05, 0) is 33.8 Å². The van der Waals surface area contributed by atoms with E-state index < -0.39 is 92.9 Å². The van der Waals surface area contributed by atoms with E-state index in [-0.39, 0.29) is 0 Å². The lowest BCUT2D eigenvalue weighted by Gasteiger charge is -2.28. The van der Waals surface area contributed by atoms with Gasteiger partial charge in [-0.3, -0.25) is 0 Å². The van der Waals surface area contributed by atoms with Gasteiger partial charge in [0.2, 0.25) is 0 Å². The van der Waals surface area contributed by atoms with Gasteiger partial charge in [0.15, 0.2) is 0 Å². The van der Waals surface area contributed by atoms with Crippen LogP contribution in [0.1, 0.15) is 69.4 Å². The Kier molecular flexibility index (Phi) is 1.56. The van der Waals surface area contributed by atoms with Gasteiger partial charge in [0.05, 0.1) is 20.3 Å². The number of rotatable bonds is 11. The predicted octanol–water partition coefficient (Wildman–Crippen LogP) is 2.54. The molecule has 0 saturated carbocycles. The summed E-state index contributed by atoms with van der Waals surface area (Å²) in [6.45, 7) is -36.1. The Morgan fingerprint density at radius 3 is 2.37 bits per heavy atom. The van der Waals surface area contributed by atoms with E-state index in [0.29, 0.717) is 0 Å². The lowest BCUT2D eigenvalue weighted by molar-refractivity contribution is -0.139. The molecule has 0 aromatic carbocycles. The Morgan fingerprint density at radius 1 is 1.26 bits per heavy atom. The van der Waals surface area contributed by atoms with Crippen molar-refractivity contribution in [2.75, 3.05) is 26.2 Å². The minimum atomic E-state index is -7.52. The fourth-order valence-corrected chi connectivity index (χ4v) is 1.45. The molecule has 0 amide bonds. The highest BCUT2D eigenvalue weighted by atomic mass is 28.4. The van der Waals surface area contributed by atoms with E-state index in [1.54, 1.807) is 0 Å². The Bertz CT molecular complexity index is 1040. The van der Waals surface area contributed by atoms with Crippen molar-refractivity contribution in [1.82, 2.24) is 0 Å². The molecule has 0 aliphatic rings. The molecule has 0 bridgehead atoms. The van der Waals surface area contributed by atoms with Gasteiger partial charge in [0.1, 0.15) is 0 Å². The van der Waals surface area contributed by atoms with E-state index >= 15 is 0 Å². The van der Waals surface area contributed by atoms with E-state index in [1.165, 1.54) is 0 Å². The fourth-order valence-electron chi connectivity index (χ4n) is 0.566. The lowest BCUT2D eigenvalue weighted by Crippen LogP contribution is -2.46. The third-order valence-electron chi connectivity index (χ3n) is 1.17. The van der Waals surface area contributed by atoms with Crippen LogP contribution in [0.15, 0.2) is 12.1 Å². The van der Waals surface area contributed by atoms with Gasteiger partial charge < -0.3 is 18.0 Å². The monoisotopic (exact) mass is 316 g/mol. The van der Waals surface area contributed by atoms with Crippen LogP contribution in [0.5, 0.6) is 0 Å². The summed E-state index contributed by atoms with van der Waals surface area (Å²) in [5, 5.41) is 0. The molecule has 6 heteroatoms. The lowest BCUT2D eigenvalue weighted by atomic mass is 10.4. The largest absolute Gasteiger partial charge is 0.501 e. The highest BCUT2D eigenvalue weighted by molar-refractivity contribution is 6.60. The van der Waals surface area contributed by atoms with Gasteiger partial charge in [0.25, 0.3) is 0 Å². The second-order valence-corrected chi connectivity index (χ2v) is 4.26. The SMILES string of the molecule is [2H]C([2H])=C(C(=O)OC([2H])([2H])C([2H])([2H])C([2H])([2H])[Si](OC([2H])([2H])C([2H])([2H])[2H])(OC([2H])([2H])C([2H])([2H])[2H])OC([2H])([2H])C([2H])([2H])[2H])C([2H])([2H])[2H]. The topological polar surface area (TPSA) is 54.0 Å². The van der Waals surface area contributed by atoms with E-state index in [9.17, 15) is 4.79 Å². The minimum Gasteiger partial charge on any atom is -0.462 e. The molecule has 0 aliphatic heterocycles. The predicted molar refractivity (Wildman–Crippen MR) is 75.8 cm³/mol. The molecule has 0 unspecified atom stereocenters. The summed E-state index contributed by atoms with van der Waals surface area (Å²) in [7, 11) is -7.52. The van der Waals surface area contributed by atoms with Gasteiger partial charge in [-0.25, -0.2) is 4.79 Å². The molecule has 0 spiro atoms. The molecule has 0 fully saturated rings. The van der Waals surface area contributed by atoms with E-state index in [1.807, 2.05) is 0 Å². The molecule has 0 aliphatic carbocycles. The molecule has 0 rings (SSSR count). The molecule has 0 aromatic heterocycles. The number of esters is 1. The first-order valence-corrected chi connectivity index (χ1v) is 5.81. The second-order valence-electron chi connectivity index (χ2n) is 2.29. The van der Waals surface area contributed by atoms with Crippen LogP contribution in [0.25, 0.3) is 0 Å². The van der Waals surface area contributed by atoms with Crippen LogP contribution in [-0.4, -0.2) is 41.0 Å². The van der Waals surface area contributed by atoms with E-state index in [0.717, 1.165) is 0 Å². The molecule has 0 saturated heterocycles. The zero-order valence-electron chi connectivity index (χ0n) is 35.0. The maximum atomic E-state index is 12.5. The van der Waals surface area contributed by atoms with E-state index in [4.69, 9.17) is 35.6 Å². The molecule has 0 atom stereocenters. The molecule has 5 nitrogen and oxygen atoms in total. The second kappa shape index (κ2) is 10.1. The van der Waals surface area contributed by atoms with Crippen LogP contribution in [-0.2, 0) is 22.8 Å². The first-order valence-electron chi connectivity index (χ1n) is 17.1. The molecule has 0 heterocycles. The van der Waals surface area contributed by atoms with Gasteiger partial charge in [-0.2, -0.15) is 0 Å². The Labute approximate surface area is 153 Å². The average molecular weight is 317 g/mol. The Balaban J connectivity index is 8.02.